The zero-order chi connectivity index (χ0) is 21.7. The highest BCUT2D eigenvalue weighted by Gasteiger charge is 2.23. The Hall–Kier alpha value is -3.36. The summed E-state index contributed by atoms with van der Waals surface area (Å²) in [6, 6.07) is 3.77. The fraction of sp³-hybridized carbons (Fsp3) is 0.400. The molecule has 1 aromatic heterocycles. The number of fused-ring (bicyclic) bond motifs is 1. The van der Waals surface area contributed by atoms with E-state index in [0.29, 0.717) is 16.9 Å². The number of carboxylic acids is 1. The van der Waals surface area contributed by atoms with Gasteiger partial charge in [-0.1, -0.05) is 13.8 Å². The van der Waals surface area contributed by atoms with E-state index < -0.39 is 29.5 Å². The van der Waals surface area contributed by atoms with E-state index in [9.17, 15) is 19.2 Å². The summed E-state index contributed by atoms with van der Waals surface area (Å²) in [6.07, 6.45) is 0. The van der Waals surface area contributed by atoms with E-state index in [-0.39, 0.29) is 19.1 Å². The second kappa shape index (κ2) is 9.22. The molecule has 0 bridgehead atoms. The minimum atomic E-state index is -1.14. The smallest absolute Gasteiger partial charge is 0.336 e. The van der Waals surface area contributed by atoms with Gasteiger partial charge < -0.3 is 24.9 Å². The average Bonchev–Trinajstić information content (AvgIpc) is 2.63. The first-order valence-corrected chi connectivity index (χ1v) is 9.06. The van der Waals surface area contributed by atoms with Crippen molar-refractivity contribution in [2.24, 2.45) is 5.92 Å². The van der Waals surface area contributed by atoms with Crippen molar-refractivity contribution in [3.63, 3.8) is 0 Å². The summed E-state index contributed by atoms with van der Waals surface area (Å²) in [5, 5.41) is 14.6. The van der Waals surface area contributed by atoms with Crippen molar-refractivity contribution in [2.45, 2.75) is 33.7 Å². The molecule has 2 amide bonds. The van der Waals surface area contributed by atoms with Gasteiger partial charge in [0.1, 0.15) is 17.4 Å². The van der Waals surface area contributed by atoms with Gasteiger partial charge in [0.2, 0.25) is 5.91 Å². The first-order valence-electron chi connectivity index (χ1n) is 9.06. The van der Waals surface area contributed by atoms with E-state index in [4.69, 9.17) is 14.3 Å². The van der Waals surface area contributed by atoms with Crippen LogP contribution in [0.2, 0.25) is 0 Å². The van der Waals surface area contributed by atoms with Crippen LogP contribution in [0.1, 0.15) is 25.0 Å². The monoisotopic (exact) mass is 404 g/mol. The van der Waals surface area contributed by atoms with Gasteiger partial charge in [0.15, 0.2) is 6.61 Å². The third kappa shape index (κ3) is 5.56. The zero-order valence-corrected chi connectivity index (χ0v) is 16.7. The first-order chi connectivity index (χ1) is 13.6. The summed E-state index contributed by atoms with van der Waals surface area (Å²) in [4.78, 5) is 46.5. The fourth-order valence-electron chi connectivity index (χ4n) is 2.77. The van der Waals surface area contributed by atoms with Crippen LogP contribution in [0.4, 0.5) is 0 Å². The number of aliphatic carboxylic acids is 1. The normalized spacial score (nSPS) is 11.9. The topological polar surface area (TPSA) is 135 Å². The second-order valence-corrected chi connectivity index (χ2v) is 7.01. The Balaban J connectivity index is 1.94. The molecule has 0 spiro atoms. The van der Waals surface area contributed by atoms with Crippen molar-refractivity contribution in [2.75, 3.05) is 13.2 Å². The molecule has 29 heavy (non-hydrogen) atoms. The maximum absolute atomic E-state index is 12.0. The van der Waals surface area contributed by atoms with Crippen LogP contribution in [-0.2, 0) is 14.4 Å². The van der Waals surface area contributed by atoms with Crippen molar-refractivity contribution in [1.82, 2.24) is 10.6 Å². The molecule has 2 rings (SSSR count). The van der Waals surface area contributed by atoms with E-state index in [0.717, 1.165) is 10.9 Å². The Bertz CT molecular complexity index is 994. The van der Waals surface area contributed by atoms with Crippen LogP contribution in [0.15, 0.2) is 27.4 Å². The Morgan fingerprint density at radius 1 is 1.17 bits per heavy atom. The highest BCUT2D eigenvalue weighted by atomic mass is 16.5. The summed E-state index contributed by atoms with van der Waals surface area (Å²) in [6.45, 7) is 6.11. The molecule has 0 radical (unpaired) electrons. The molecule has 0 aliphatic heterocycles. The lowest BCUT2D eigenvalue weighted by atomic mass is 10.1. The number of hydrogen-bond donors (Lipinski definition) is 3. The number of carboxylic acid groups (broad SMARTS) is 1. The van der Waals surface area contributed by atoms with Crippen LogP contribution in [0.5, 0.6) is 5.75 Å². The highest BCUT2D eigenvalue weighted by Crippen LogP contribution is 2.28. The maximum atomic E-state index is 12.0. The van der Waals surface area contributed by atoms with E-state index >= 15 is 0 Å². The fourth-order valence-corrected chi connectivity index (χ4v) is 2.77. The second-order valence-electron chi connectivity index (χ2n) is 7.01. The highest BCUT2D eigenvalue weighted by molar-refractivity contribution is 5.88. The van der Waals surface area contributed by atoms with Gasteiger partial charge in [-0.3, -0.25) is 9.59 Å². The summed E-state index contributed by atoms with van der Waals surface area (Å²) >= 11 is 0. The number of carbonyl (C=O) groups excluding carboxylic acids is 2. The van der Waals surface area contributed by atoms with Crippen molar-refractivity contribution < 1.29 is 28.6 Å². The average molecular weight is 404 g/mol. The molecule has 0 fully saturated rings. The molecule has 9 nitrogen and oxygen atoms in total. The molecule has 1 heterocycles. The van der Waals surface area contributed by atoms with Crippen LogP contribution in [0.3, 0.4) is 0 Å². The third-order valence-electron chi connectivity index (χ3n) is 4.37. The summed E-state index contributed by atoms with van der Waals surface area (Å²) < 4.78 is 10.7. The van der Waals surface area contributed by atoms with Gasteiger partial charge in [0, 0.05) is 17.0 Å². The van der Waals surface area contributed by atoms with Crippen molar-refractivity contribution in [3.8, 4) is 5.75 Å². The Labute approximate surface area is 167 Å². The van der Waals surface area contributed by atoms with Gasteiger partial charge in [0.25, 0.3) is 5.91 Å². The molecule has 0 aliphatic carbocycles. The molecule has 0 saturated heterocycles. The summed E-state index contributed by atoms with van der Waals surface area (Å²) in [7, 11) is 0. The van der Waals surface area contributed by atoms with Gasteiger partial charge >= 0.3 is 11.6 Å². The zero-order valence-electron chi connectivity index (χ0n) is 16.7. The molecule has 1 aromatic carbocycles. The predicted octanol–water partition coefficient (Wildman–Crippen LogP) is 1.13. The molecular weight excluding hydrogens is 380 g/mol. The van der Waals surface area contributed by atoms with Gasteiger partial charge in [-0.2, -0.15) is 0 Å². The number of benzene rings is 1. The number of amides is 2. The van der Waals surface area contributed by atoms with Gasteiger partial charge in [0.05, 0.1) is 6.54 Å². The van der Waals surface area contributed by atoms with Crippen molar-refractivity contribution in [1.29, 1.82) is 0 Å². The number of ether oxygens (including phenoxy) is 1. The lowest BCUT2D eigenvalue weighted by Crippen LogP contribution is -2.48. The molecule has 156 valence electrons. The van der Waals surface area contributed by atoms with E-state index in [2.05, 4.69) is 10.6 Å². The molecule has 0 unspecified atom stereocenters. The SMILES string of the molecule is Cc1cc(=O)oc2c(C)c(OCC(=O)NCC(=O)N[C@@H](C(=O)O)C(C)C)ccc12. The molecular formula is C20H24N2O7. The number of aryl methyl sites for hydroxylation is 2. The lowest BCUT2D eigenvalue weighted by molar-refractivity contribution is -0.143. The predicted molar refractivity (Wildman–Crippen MR) is 105 cm³/mol. The Morgan fingerprint density at radius 2 is 1.86 bits per heavy atom. The van der Waals surface area contributed by atoms with E-state index in [1.54, 1.807) is 39.8 Å². The minimum Gasteiger partial charge on any atom is -0.483 e. The van der Waals surface area contributed by atoms with Crippen LogP contribution < -0.4 is 21.0 Å². The first kappa shape index (κ1) is 21.9. The largest absolute Gasteiger partial charge is 0.483 e. The number of rotatable bonds is 8. The standard InChI is InChI=1S/C20H24N2O7/c1-10(2)18(20(26)27)22-15(23)8-21-16(24)9-28-14-6-5-13-11(3)7-17(25)29-19(13)12(14)4/h5-7,10,18H,8-9H2,1-4H3,(H,21,24)(H,22,23)(H,26,27)/t18-/m1/s1. The molecule has 2 aromatic rings. The van der Waals surface area contributed by atoms with Gasteiger partial charge in [-0.25, -0.2) is 9.59 Å². The van der Waals surface area contributed by atoms with Gasteiger partial charge in [-0.15, -0.1) is 0 Å². The number of hydrogen-bond acceptors (Lipinski definition) is 6. The molecule has 0 aliphatic rings. The quantitative estimate of drug-likeness (QED) is 0.561. The third-order valence-corrected chi connectivity index (χ3v) is 4.37. The lowest BCUT2D eigenvalue weighted by Gasteiger charge is -2.18. The van der Waals surface area contributed by atoms with E-state index in [1.165, 1.54) is 6.07 Å². The van der Waals surface area contributed by atoms with Gasteiger partial charge in [-0.05, 0) is 37.5 Å². The summed E-state index contributed by atoms with van der Waals surface area (Å²) in [5.74, 6) is -2.23. The summed E-state index contributed by atoms with van der Waals surface area (Å²) in [5.41, 5.74) is 1.27. The van der Waals surface area contributed by atoms with Crippen LogP contribution in [0, 0.1) is 19.8 Å². The maximum Gasteiger partial charge on any atom is 0.336 e. The van der Waals surface area contributed by atoms with E-state index in [1.807, 2.05) is 0 Å². The van der Waals surface area contributed by atoms with Crippen molar-refractivity contribution in [3.05, 3.63) is 39.7 Å². The van der Waals surface area contributed by atoms with Crippen LogP contribution in [-0.4, -0.2) is 42.1 Å². The van der Waals surface area contributed by atoms with Crippen LogP contribution in [0.25, 0.3) is 11.0 Å². The van der Waals surface area contributed by atoms with Crippen LogP contribution >= 0.6 is 0 Å². The number of nitrogens with one attached hydrogen (secondary N) is 2. The molecule has 3 N–H and O–H groups in total. The number of carbonyl (C=O) groups is 3. The molecule has 1 atom stereocenters. The minimum absolute atomic E-state index is 0.296. The Kier molecular flexibility index (Phi) is 6.98. The molecule has 9 heteroatoms. The Morgan fingerprint density at radius 3 is 2.48 bits per heavy atom. The van der Waals surface area contributed by atoms with Crippen molar-refractivity contribution >= 4 is 28.8 Å². The molecule has 0 saturated carbocycles.